The highest BCUT2D eigenvalue weighted by molar-refractivity contribution is 5.77. The third-order valence-electron chi connectivity index (χ3n) is 17.1. The van der Waals surface area contributed by atoms with Crippen LogP contribution >= 0.6 is 0 Å². The predicted octanol–water partition coefficient (Wildman–Crippen LogP) is -5.11. The Morgan fingerprint density at radius 3 is 1.58 bits per heavy atom. The van der Waals surface area contributed by atoms with Gasteiger partial charge in [0.1, 0.15) is 97.7 Å². The van der Waals surface area contributed by atoms with E-state index in [0.717, 1.165) is 12.0 Å². The Labute approximate surface area is 386 Å². The van der Waals surface area contributed by atoms with Crippen molar-refractivity contribution in [2.45, 2.75) is 200 Å². The molecule has 8 aliphatic rings. The Bertz CT molecular complexity index is 1750. The number of esters is 1. The SMILES string of the molecule is C=C1C[C@@]23CC[C@H]4[C@@](C)(CCC[C@@]4(C)C(=O)O[C@@H]4OC(CO)[C@@H](O)C(O)C4O)[C@@H]2CC[C@]1(O[C@@H]1OC(CO)[C@@H](O[C@@H]2OC(CO)[C@@H](O[C@@H]4OC(CO)[C@@H](O)C(O)C4O)C(O)C2O)C(O)C1O)C3. The molecular weight excluding hydrogens is 896 g/mol. The second-order valence-electron chi connectivity index (χ2n) is 20.8. The minimum Gasteiger partial charge on any atom is -0.432 e. The fraction of sp³-hybridized carbons (Fsp3) is 0.932. The maximum absolute atomic E-state index is 14.2. The van der Waals surface area contributed by atoms with Gasteiger partial charge in [0.25, 0.3) is 0 Å². The molecule has 0 aromatic heterocycles. The van der Waals surface area contributed by atoms with Crippen LogP contribution in [0.1, 0.15) is 71.6 Å². The molecule has 12 unspecified atom stereocenters. The summed E-state index contributed by atoms with van der Waals surface area (Å²) in [5, 5.41) is 147. The van der Waals surface area contributed by atoms with Crippen molar-refractivity contribution < 1.29 is 114 Å². The van der Waals surface area contributed by atoms with E-state index in [1.807, 2.05) is 6.92 Å². The van der Waals surface area contributed by atoms with Crippen molar-refractivity contribution in [1.29, 1.82) is 0 Å². The van der Waals surface area contributed by atoms with Crippen LogP contribution in [0.2, 0.25) is 0 Å². The van der Waals surface area contributed by atoms with Crippen LogP contribution < -0.4 is 0 Å². The molecule has 23 nitrogen and oxygen atoms in total. The van der Waals surface area contributed by atoms with Crippen molar-refractivity contribution in [2.75, 3.05) is 26.4 Å². The molecule has 4 aliphatic carbocycles. The van der Waals surface area contributed by atoms with Gasteiger partial charge in [0.2, 0.25) is 6.29 Å². The fourth-order valence-electron chi connectivity index (χ4n) is 13.5. The van der Waals surface area contributed by atoms with E-state index in [4.69, 9.17) is 37.9 Å². The van der Waals surface area contributed by atoms with Gasteiger partial charge in [-0.25, -0.2) is 0 Å². The van der Waals surface area contributed by atoms with Crippen molar-refractivity contribution in [3.8, 4) is 0 Å². The van der Waals surface area contributed by atoms with E-state index in [1.165, 1.54) is 0 Å². The van der Waals surface area contributed by atoms with Crippen molar-refractivity contribution in [2.24, 2.45) is 28.1 Å². The zero-order valence-electron chi connectivity index (χ0n) is 37.5. The maximum atomic E-state index is 14.2. The molecule has 384 valence electrons. The molecule has 26 atom stereocenters. The van der Waals surface area contributed by atoms with Crippen LogP contribution in [0.4, 0.5) is 0 Å². The van der Waals surface area contributed by atoms with E-state index in [1.54, 1.807) is 0 Å². The van der Waals surface area contributed by atoms with Crippen molar-refractivity contribution in [3.05, 3.63) is 12.2 Å². The molecule has 4 aliphatic heterocycles. The molecular formula is C44H70O23. The van der Waals surface area contributed by atoms with Gasteiger partial charge in [-0.1, -0.05) is 19.9 Å². The summed E-state index contributed by atoms with van der Waals surface area (Å²) < 4.78 is 46.6. The van der Waals surface area contributed by atoms with Gasteiger partial charge in [-0.3, -0.25) is 4.79 Å². The molecule has 4 saturated carbocycles. The van der Waals surface area contributed by atoms with E-state index in [9.17, 15) is 76.3 Å². The maximum Gasteiger partial charge on any atom is 0.314 e. The molecule has 8 fully saturated rings. The number of fused-ring (bicyclic) bond motifs is 3. The summed E-state index contributed by atoms with van der Waals surface area (Å²) >= 11 is 0. The van der Waals surface area contributed by atoms with Crippen molar-refractivity contribution in [3.63, 3.8) is 0 Å². The zero-order chi connectivity index (χ0) is 48.7. The molecule has 1 spiro atoms. The number of ether oxygens (including phenoxy) is 8. The van der Waals surface area contributed by atoms with Crippen LogP contribution in [0.5, 0.6) is 0 Å². The van der Waals surface area contributed by atoms with Gasteiger partial charge >= 0.3 is 5.97 Å². The first-order valence-corrected chi connectivity index (χ1v) is 23.4. The average Bonchev–Trinajstić information content (AvgIpc) is 3.50. The van der Waals surface area contributed by atoms with Crippen LogP contribution in [0.15, 0.2) is 12.2 Å². The lowest BCUT2D eigenvalue weighted by atomic mass is 9.41. The lowest BCUT2D eigenvalue weighted by Crippen LogP contribution is -2.67. The smallest absolute Gasteiger partial charge is 0.314 e. The summed E-state index contributed by atoms with van der Waals surface area (Å²) in [6, 6.07) is 0. The van der Waals surface area contributed by atoms with Crippen molar-refractivity contribution >= 4 is 5.97 Å². The Morgan fingerprint density at radius 2 is 1.03 bits per heavy atom. The summed E-state index contributed by atoms with van der Waals surface area (Å²) in [5.74, 6) is -0.650. The van der Waals surface area contributed by atoms with E-state index < -0.39 is 166 Å². The minimum atomic E-state index is -1.98. The lowest BCUT2D eigenvalue weighted by Gasteiger charge is -2.64. The molecule has 0 aromatic rings. The number of hydrogen-bond donors (Lipinski definition) is 14. The highest BCUT2D eigenvalue weighted by Gasteiger charge is 2.69. The third-order valence-corrected chi connectivity index (χ3v) is 17.1. The summed E-state index contributed by atoms with van der Waals surface area (Å²) in [7, 11) is 0. The van der Waals surface area contributed by atoms with E-state index in [-0.39, 0.29) is 22.7 Å². The molecule has 8 rings (SSSR count). The number of carbonyl (C=O) groups is 1. The molecule has 0 radical (unpaired) electrons. The first-order valence-electron chi connectivity index (χ1n) is 23.4. The standard InChI is InChI=1S/C44H70O23/c1-17-11-43-9-5-22-41(2,7-4-8-42(22,3)40(59)66-38-31(56)27(52)25(50)19(13-46)61-38)23(43)6-10-44(17,16-43)67-39-33(58)29(54)35(21(15-48)63-39)65-37-32(57)28(53)34(20(14-47)62-37)64-36-30(55)26(51)24(49)18(12-45)60-36/h18-39,45-58H,1,4-16H2,2-3H3/t18?,19?,20?,21?,22-,23-,24+,25+,26?,27?,28?,29?,30?,31?,32?,33?,34+,35+,36-,37-,38-,39-,41+,42+,43+,44-/m0/s1. The van der Waals surface area contributed by atoms with Gasteiger partial charge in [0, 0.05) is 0 Å². The van der Waals surface area contributed by atoms with Crippen molar-refractivity contribution in [1.82, 2.24) is 0 Å². The van der Waals surface area contributed by atoms with Gasteiger partial charge in [0.05, 0.1) is 37.4 Å². The van der Waals surface area contributed by atoms with E-state index >= 15 is 0 Å². The van der Waals surface area contributed by atoms with Gasteiger partial charge in [-0.2, -0.15) is 0 Å². The van der Waals surface area contributed by atoms with E-state index in [2.05, 4.69) is 13.5 Å². The molecule has 4 heterocycles. The van der Waals surface area contributed by atoms with Gasteiger partial charge in [0.15, 0.2) is 18.9 Å². The molecule has 0 aromatic carbocycles. The molecule has 14 N–H and O–H groups in total. The average molecular weight is 967 g/mol. The molecule has 23 heteroatoms. The lowest BCUT2D eigenvalue weighted by molar-refractivity contribution is -0.383. The fourth-order valence-corrected chi connectivity index (χ4v) is 13.5. The number of rotatable bonds is 12. The second kappa shape index (κ2) is 19.4. The quantitative estimate of drug-likeness (QED) is 0.0494. The molecule has 4 saturated heterocycles. The Hall–Kier alpha value is -1.63. The summed E-state index contributed by atoms with van der Waals surface area (Å²) in [4.78, 5) is 14.2. The number of hydrogen-bond acceptors (Lipinski definition) is 23. The Kier molecular flexibility index (Phi) is 15.0. The van der Waals surface area contributed by atoms with Crippen LogP contribution in [-0.4, -0.2) is 232 Å². The minimum absolute atomic E-state index is 0.0994. The van der Waals surface area contributed by atoms with Crippen LogP contribution in [0, 0.1) is 28.1 Å². The first kappa shape index (κ1) is 51.7. The Balaban J connectivity index is 0.920. The third kappa shape index (κ3) is 8.63. The van der Waals surface area contributed by atoms with Crippen LogP contribution in [-0.2, 0) is 42.7 Å². The molecule has 0 amide bonds. The number of aliphatic hydroxyl groups excluding tert-OH is 14. The summed E-state index contributed by atoms with van der Waals surface area (Å²) in [5.41, 5.74) is -1.91. The van der Waals surface area contributed by atoms with E-state index in [0.29, 0.717) is 51.4 Å². The number of carbonyl (C=O) groups excluding carboxylic acids is 1. The number of aliphatic hydroxyl groups is 14. The summed E-state index contributed by atoms with van der Waals surface area (Å²) in [6.07, 6.45) is -27.8. The predicted molar refractivity (Wildman–Crippen MR) is 219 cm³/mol. The first-order chi connectivity index (χ1) is 31.6. The zero-order valence-corrected chi connectivity index (χ0v) is 37.5. The molecule has 67 heavy (non-hydrogen) atoms. The second-order valence-corrected chi connectivity index (χ2v) is 20.8. The van der Waals surface area contributed by atoms with Gasteiger partial charge in [-0.15, -0.1) is 0 Å². The highest BCUT2D eigenvalue weighted by atomic mass is 16.8. The van der Waals surface area contributed by atoms with Crippen LogP contribution in [0.3, 0.4) is 0 Å². The largest absolute Gasteiger partial charge is 0.432 e. The Morgan fingerprint density at radius 1 is 0.567 bits per heavy atom. The van der Waals surface area contributed by atoms with Gasteiger partial charge in [-0.05, 0) is 86.5 Å². The highest BCUT2D eigenvalue weighted by Crippen LogP contribution is 2.73. The molecule has 2 bridgehead atoms. The van der Waals surface area contributed by atoms with Gasteiger partial charge < -0.3 is 109 Å². The normalized spacial score (nSPS) is 54.5. The topological polar surface area (TPSA) is 374 Å². The monoisotopic (exact) mass is 966 g/mol. The summed E-state index contributed by atoms with van der Waals surface area (Å²) in [6.45, 7) is 5.44. The van der Waals surface area contributed by atoms with Crippen LogP contribution in [0.25, 0.3) is 0 Å².